The van der Waals surface area contributed by atoms with E-state index in [9.17, 15) is 0 Å². The van der Waals surface area contributed by atoms with Crippen molar-refractivity contribution in [3.8, 4) is 0 Å². The fourth-order valence-corrected chi connectivity index (χ4v) is 3.38. The summed E-state index contributed by atoms with van der Waals surface area (Å²) in [6.45, 7) is 5.13. The third-order valence-electron chi connectivity index (χ3n) is 3.50. The molecule has 0 aliphatic heterocycles. The molecule has 0 aliphatic rings. The molecule has 1 aromatic carbocycles. The van der Waals surface area contributed by atoms with Crippen LogP contribution in [-0.2, 0) is 13.0 Å². The van der Waals surface area contributed by atoms with Crippen LogP contribution in [0.5, 0.6) is 0 Å². The van der Waals surface area contributed by atoms with E-state index in [-0.39, 0.29) is 0 Å². The predicted molar refractivity (Wildman–Crippen MR) is 87.5 cm³/mol. The molecule has 2 aromatic heterocycles. The van der Waals surface area contributed by atoms with Crippen molar-refractivity contribution in [1.29, 1.82) is 0 Å². The second-order valence-electron chi connectivity index (χ2n) is 4.90. The van der Waals surface area contributed by atoms with E-state index < -0.39 is 0 Å². The number of aryl methyl sites for hydroxylation is 2. The average molecular weight is 282 g/mol. The van der Waals surface area contributed by atoms with Crippen molar-refractivity contribution in [2.45, 2.75) is 26.8 Å². The first kappa shape index (κ1) is 13.1. The molecule has 2 heterocycles. The number of fused-ring (bicyclic) bond motifs is 1. The Balaban J connectivity index is 1.91. The van der Waals surface area contributed by atoms with Crippen LogP contribution in [0.15, 0.2) is 41.8 Å². The maximum absolute atomic E-state index is 4.58. The summed E-state index contributed by atoms with van der Waals surface area (Å²) >= 11 is 1.82. The van der Waals surface area contributed by atoms with Crippen molar-refractivity contribution in [3.05, 3.63) is 57.9 Å². The lowest BCUT2D eigenvalue weighted by Gasteiger charge is -2.11. The summed E-state index contributed by atoms with van der Waals surface area (Å²) in [5.74, 6) is 0. The summed E-state index contributed by atoms with van der Waals surface area (Å²) in [4.78, 5) is 6.00. The number of hydrogen-bond donors (Lipinski definition) is 1. The molecule has 0 saturated carbocycles. The molecule has 3 rings (SSSR count). The molecule has 1 N–H and O–H groups in total. The van der Waals surface area contributed by atoms with E-state index in [0.29, 0.717) is 0 Å². The minimum absolute atomic E-state index is 0.883. The molecular weight excluding hydrogens is 264 g/mol. The molecule has 20 heavy (non-hydrogen) atoms. The third-order valence-corrected chi connectivity index (χ3v) is 4.47. The van der Waals surface area contributed by atoms with E-state index in [2.05, 4.69) is 52.9 Å². The fourth-order valence-electron chi connectivity index (χ4n) is 2.47. The molecule has 3 heteroatoms. The Morgan fingerprint density at radius 3 is 2.90 bits per heavy atom. The molecule has 0 saturated heterocycles. The Morgan fingerprint density at radius 1 is 1.20 bits per heavy atom. The molecule has 0 radical (unpaired) electrons. The smallest absolute Gasteiger partial charge is 0.0725 e. The Morgan fingerprint density at radius 2 is 2.05 bits per heavy atom. The van der Waals surface area contributed by atoms with Gasteiger partial charge < -0.3 is 5.32 Å². The van der Waals surface area contributed by atoms with Crippen LogP contribution in [0.1, 0.15) is 23.1 Å². The first-order valence-electron chi connectivity index (χ1n) is 6.93. The molecule has 0 aliphatic carbocycles. The van der Waals surface area contributed by atoms with Gasteiger partial charge in [0.25, 0.3) is 0 Å². The summed E-state index contributed by atoms with van der Waals surface area (Å²) in [6, 6.07) is 12.6. The molecule has 3 aromatic rings. The van der Waals surface area contributed by atoms with E-state index in [1.54, 1.807) is 0 Å². The zero-order valence-electron chi connectivity index (χ0n) is 11.8. The maximum Gasteiger partial charge on any atom is 0.0725 e. The Hall–Kier alpha value is -1.87. The number of pyridine rings is 1. The first-order valence-corrected chi connectivity index (χ1v) is 7.81. The van der Waals surface area contributed by atoms with Gasteiger partial charge in [-0.1, -0.05) is 25.1 Å². The molecule has 0 fully saturated rings. The van der Waals surface area contributed by atoms with Crippen LogP contribution in [0, 0.1) is 6.92 Å². The summed E-state index contributed by atoms with van der Waals surface area (Å²) in [5.41, 5.74) is 4.71. The van der Waals surface area contributed by atoms with Crippen molar-refractivity contribution < 1.29 is 0 Å². The number of para-hydroxylation sites is 1. The lowest BCUT2D eigenvalue weighted by molar-refractivity contribution is 1.08. The Labute approximate surface area is 123 Å². The molecule has 0 atom stereocenters. The summed E-state index contributed by atoms with van der Waals surface area (Å²) < 4.78 is 0. The first-order chi connectivity index (χ1) is 9.78. The van der Waals surface area contributed by atoms with Gasteiger partial charge in [-0.05, 0) is 42.5 Å². The van der Waals surface area contributed by atoms with E-state index in [1.807, 2.05) is 24.3 Å². The minimum atomic E-state index is 0.883. The van der Waals surface area contributed by atoms with E-state index in [4.69, 9.17) is 0 Å². The largest absolute Gasteiger partial charge is 0.380 e. The number of rotatable bonds is 4. The molecule has 0 unspecified atom stereocenters. The normalized spacial score (nSPS) is 10.9. The van der Waals surface area contributed by atoms with E-state index >= 15 is 0 Å². The molecule has 0 bridgehead atoms. The minimum Gasteiger partial charge on any atom is -0.380 e. The molecule has 0 amide bonds. The van der Waals surface area contributed by atoms with Gasteiger partial charge in [0.2, 0.25) is 0 Å². The van der Waals surface area contributed by atoms with Crippen LogP contribution < -0.4 is 5.32 Å². The number of anilines is 1. The quantitative estimate of drug-likeness (QED) is 0.745. The second kappa shape index (κ2) is 5.63. The van der Waals surface area contributed by atoms with Crippen molar-refractivity contribution in [2.24, 2.45) is 0 Å². The van der Waals surface area contributed by atoms with Gasteiger partial charge in [-0.3, -0.25) is 4.98 Å². The lowest BCUT2D eigenvalue weighted by atomic mass is 10.1. The summed E-state index contributed by atoms with van der Waals surface area (Å²) in [7, 11) is 0. The Bertz CT molecular complexity index is 731. The standard InChI is InChI=1S/C17H18N2S/c1-3-13-8-9-20-17(13)11-18-16-10-12(2)19-15-7-5-4-6-14(15)16/h4-10H,3,11H2,1-2H3,(H,18,19). The van der Waals surface area contributed by atoms with Crippen LogP contribution in [0.4, 0.5) is 5.69 Å². The van der Waals surface area contributed by atoms with Crippen molar-refractivity contribution in [3.63, 3.8) is 0 Å². The van der Waals surface area contributed by atoms with Crippen LogP contribution >= 0.6 is 11.3 Å². The van der Waals surface area contributed by atoms with Crippen molar-refractivity contribution in [2.75, 3.05) is 5.32 Å². The number of hydrogen-bond acceptors (Lipinski definition) is 3. The molecule has 0 spiro atoms. The van der Waals surface area contributed by atoms with Gasteiger partial charge in [0.1, 0.15) is 0 Å². The van der Waals surface area contributed by atoms with Crippen LogP contribution in [0.3, 0.4) is 0 Å². The third kappa shape index (κ3) is 2.54. The SMILES string of the molecule is CCc1ccsc1CNc1cc(C)nc2ccccc12. The van der Waals surface area contributed by atoms with Gasteiger partial charge in [-0.2, -0.15) is 0 Å². The highest BCUT2D eigenvalue weighted by molar-refractivity contribution is 7.10. The number of aromatic nitrogens is 1. The fraction of sp³-hybridized carbons (Fsp3) is 0.235. The average Bonchev–Trinajstić information content (AvgIpc) is 2.92. The molecular formula is C17H18N2S. The lowest BCUT2D eigenvalue weighted by Crippen LogP contribution is -2.01. The zero-order valence-corrected chi connectivity index (χ0v) is 12.6. The van der Waals surface area contributed by atoms with Crippen LogP contribution in [-0.4, -0.2) is 4.98 Å². The van der Waals surface area contributed by atoms with E-state index in [0.717, 1.165) is 24.2 Å². The predicted octanol–water partition coefficient (Wildman–Crippen LogP) is 4.78. The summed E-state index contributed by atoms with van der Waals surface area (Å²) in [5, 5.41) is 6.94. The maximum atomic E-state index is 4.58. The molecule has 2 nitrogen and oxygen atoms in total. The van der Waals surface area contributed by atoms with Crippen molar-refractivity contribution >= 4 is 27.9 Å². The van der Waals surface area contributed by atoms with Gasteiger partial charge >= 0.3 is 0 Å². The van der Waals surface area contributed by atoms with Crippen LogP contribution in [0.2, 0.25) is 0 Å². The monoisotopic (exact) mass is 282 g/mol. The number of thiophene rings is 1. The second-order valence-corrected chi connectivity index (χ2v) is 5.91. The topological polar surface area (TPSA) is 24.9 Å². The van der Waals surface area contributed by atoms with Crippen molar-refractivity contribution in [1.82, 2.24) is 4.98 Å². The number of nitrogens with one attached hydrogen (secondary N) is 1. The van der Waals surface area contributed by atoms with Crippen LogP contribution in [0.25, 0.3) is 10.9 Å². The van der Waals surface area contributed by atoms with E-state index in [1.165, 1.54) is 21.5 Å². The van der Waals surface area contributed by atoms with Gasteiger partial charge in [-0.25, -0.2) is 0 Å². The number of benzene rings is 1. The highest BCUT2D eigenvalue weighted by atomic mass is 32.1. The van der Waals surface area contributed by atoms with Gasteiger partial charge in [0, 0.05) is 28.2 Å². The highest BCUT2D eigenvalue weighted by Gasteiger charge is 2.06. The van der Waals surface area contributed by atoms with Gasteiger partial charge in [-0.15, -0.1) is 11.3 Å². The van der Waals surface area contributed by atoms with Gasteiger partial charge in [0.15, 0.2) is 0 Å². The number of nitrogens with zero attached hydrogens (tertiary/aromatic N) is 1. The summed E-state index contributed by atoms with van der Waals surface area (Å²) in [6.07, 6.45) is 1.09. The Kier molecular flexibility index (Phi) is 3.70. The highest BCUT2D eigenvalue weighted by Crippen LogP contribution is 2.25. The zero-order chi connectivity index (χ0) is 13.9. The van der Waals surface area contributed by atoms with Gasteiger partial charge in [0.05, 0.1) is 5.52 Å². The molecule has 102 valence electrons.